The molecule has 0 saturated carbocycles. The van der Waals surface area contributed by atoms with Gasteiger partial charge in [0.1, 0.15) is 23.3 Å². The number of hydrogen-bond acceptors (Lipinski definition) is 20. The van der Waals surface area contributed by atoms with Crippen molar-refractivity contribution in [3.05, 3.63) is 88.0 Å². The average Bonchev–Trinajstić information content (AvgIpc) is 1.66. The third-order valence-electron chi connectivity index (χ3n) is 20.8. The van der Waals surface area contributed by atoms with Crippen LogP contribution in [0.15, 0.2) is 54.6 Å². The highest BCUT2D eigenvalue weighted by Gasteiger charge is 2.43. The molecule has 28 nitrogen and oxygen atoms in total. The number of anilines is 3. The first kappa shape index (κ1) is 70.1. The second kappa shape index (κ2) is 29.2. The van der Waals surface area contributed by atoms with Crippen LogP contribution in [0, 0.1) is 5.92 Å². The lowest BCUT2D eigenvalue weighted by atomic mass is 9.90. The van der Waals surface area contributed by atoms with Crippen LogP contribution in [0.1, 0.15) is 134 Å². The molecule has 6 atom stereocenters. The van der Waals surface area contributed by atoms with Crippen molar-refractivity contribution in [2.45, 2.75) is 147 Å². The van der Waals surface area contributed by atoms with E-state index in [4.69, 9.17) is 9.47 Å². The second-order valence-corrected chi connectivity index (χ2v) is 29.8. The predicted molar refractivity (Wildman–Crippen MR) is 364 cm³/mol. The molecule has 0 aliphatic carbocycles. The summed E-state index contributed by atoms with van der Waals surface area (Å²) >= 11 is 0. The van der Waals surface area contributed by atoms with Gasteiger partial charge in [-0.15, -0.1) is 0 Å². The molecule has 0 bridgehead atoms. The van der Waals surface area contributed by atoms with E-state index in [-0.39, 0.29) is 89.9 Å². The van der Waals surface area contributed by atoms with Gasteiger partial charge in [-0.05, 0) is 145 Å². The van der Waals surface area contributed by atoms with Crippen LogP contribution in [0.25, 0.3) is 0 Å². The van der Waals surface area contributed by atoms with E-state index >= 15 is 0 Å². The van der Waals surface area contributed by atoms with Crippen molar-refractivity contribution in [2.75, 3.05) is 133 Å². The minimum Gasteiger partial charge on any atom is -0.478 e. The van der Waals surface area contributed by atoms with Gasteiger partial charge >= 0.3 is 18.2 Å². The van der Waals surface area contributed by atoms with Gasteiger partial charge in [-0.25, -0.2) is 14.4 Å². The number of piperazine rings is 6. The maximum Gasteiger partial charge on any atom is 0.410 e. The number of aromatic carboxylic acids is 1. The Morgan fingerprint density at radius 2 is 0.919 bits per heavy atom. The minimum absolute atomic E-state index is 0.114. The van der Waals surface area contributed by atoms with E-state index in [0.29, 0.717) is 101 Å². The largest absolute Gasteiger partial charge is 0.478 e. The number of carbonyl (C=O) groups excluding carboxylic acids is 10. The molecule has 10 amide bonds. The molecule has 532 valence electrons. The van der Waals surface area contributed by atoms with Crippen LogP contribution in [0.3, 0.4) is 0 Å². The zero-order valence-electron chi connectivity index (χ0n) is 57.7. The Labute approximate surface area is 576 Å². The molecule has 14 rings (SSSR count). The molecule has 9 fully saturated rings. The first-order valence-corrected chi connectivity index (χ1v) is 35.1. The monoisotopic (exact) mass is 1370 g/mol. The SMILES string of the molecule is CC(C)(C)OC(=O)N1CCN2CCN(c3ccc(C(=O)O)c(CCC4CCC(=O)NC4=O)c3)CC2C1.CC(C)(C)OC(=O)N1CCN2CCN(c3ccc4c(c3)CN(C3CCC(=O)NC3=O)C4=O)CC2C1.O=C1CCC(N2Cc3cc(N4CCN5CCNCC5C4)ccc3C2=O)C(=O)N1. The summed E-state index contributed by atoms with van der Waals surface area (Å²) in [6, 6.07) is 17.0. The molecule has 9 saturated heterocycles. The van der Waals surface area contributed by atoms with E-state index in [1.807, 2.05) is 84.0 Å². The van der Waals surface area contributed by atoms with Crippen LogP contribution in [0.2, 0.25) is 0 Å². The number of benzene rings is 3. The molecule has 0 spiro atoms. The zero-order chi connectivity index (χ0) is 70.2. The number of ether oxygens (including phenoxy) is 2. The number of carbonyl (C=O) groups is 11. The van der Waals surface area contributed by atoms with Gasteiger partial charge in [-0.1, -0.05) is 0 Å². The number of aryl methyl sites for hydroxylation is 1. The fraction of sp³-hybridized carbons (Fsp3) is 0.592. The number of carboxylic acid groups (broad SMARTS) is 1. The lowest BCUT2D eigenvalue weighted by Gasteiger charge is -2.47. The van der Waals surface area contributed by atoms with Gasteiger partial charge in [-0.3, -0.25) is 69.0 Å². The molecule has 5 N–H and O–H groups in total. The molecule has 28 heteroatoms. The van der Waals surface area contributed by atoms with Gasteiger partial charge in [0.05, 0.1) is 5.56 Å². The van der Waals surface area contributed by atoms with Crippen LogP contribution >= 0.6 is 0 Å². The smallest absolute Gasteiger partial charge is 0.410 e. The Morgan fingerprint density at radius 3 is 1.37 bits per heavy atom. The average molecular weight is 1370 g/mol. The van der Waals surface area contributed by atoms with E-state index in [1.165, 1.54) is 0 Å². The first-order chi connectivity index (χ1) is 47.2. The third kappa shape index (κ3) is 16.3. The molecular weight excluding hydrogens is 1270 g/mol. The van der Waals surface area contributed by atoms with Gasteiger partial charge in [-0.2, -0.15) is 0 Å². The maximum absolute atomic E-state index is 13.0. The highest BCUT2D eigenvalue weighted by molar-refractivity contribution is 6.07. The summed E-state index contributed by atoms with van der Waals surface area (Å²) in [7, 11) is 0. The third-order valence-corrected chi connectivity index (χ3v) is 20.8. The van der Waals surface area contributed by atoms with E-state index in [9.17, 15) is 57.8 Å². The van der Waals surface area contributed by atoms with E-state index in [0.717, 1.165) is 120 Å². The van der Waals surface area contributed by atoms with Crippen LogP contribution < -0.4 is 36.0 Å². The number of piperidine rings is 3. The van der Waals surface area contributed by atoms with Crippen molar-refractivity contribution in [2.24, 2.45) is 5.92 Å². The lowest BCUT2D eigenvalue weighted by molar-refractivity contribution is -0.138. The molecule has 99 heavy (non-hydrogen) atoms. The van der Waals surface area contributed by atoms with E-state index < -0.39 is 35.2 Å². The number of hydrogen-bond donors (Lipinski definition) is 5. The summed E-state index contributed by atoms with van der Waals surface area (Å²) in [6.07, 6.45) is 2.46. The van der Waals surface area contributed by atoms with Gasteiger partial charge in [0.2, 0.25) is 35.4 Å². The van der Waals surface area contributed by atoms with E-state index in [1.54, 1.807) is 25.7 Å². The fourth-order valence-corrected chi connectivity index (χ4v) is 15.5. The van der Waals surface area contributed by atoms with Crippen molar-refractivity contribution >= 4 is 82.5 Å². The van der Waals surface area contributed by atoms with Crippen LogP contribution in [0.4, 0.5) is 26.7 Å². The predicted octanol–water partition coefficient (Wildman–Crippen LogP) is 2.84. The second-order valence-electron chi connectivity index (χ2n) is 29.8. The zero-order valence-corrected chi connectivity index (χ0v) is 57.7. The topological polar surface area (TPSA) is 307 Å². The summed E-state index contributed by atoms with van der Waals surface area (Å²) in [4.78, 5) is 155. The number of fused-ring (bicyclic) bond motifs is 5. The minimum atomic E-state index is -0.995. The molecule has 0 aromatic heterocycles. The van der Waals surface area contributed by atoms with Gasteiger partial charge in [0, 0.05) is 202 Å². The van der Waals surface area contributed by atoms with Crippen molar-refractivity contribution in [1.82, 2.24) is 55.6 Å². The van der Waals surface area contributed by atoms with Crippen molar-refractivity contribution in [1.29, 1.82) is 0 Å². The molecule has 0 radical (unpaired) electrons. The Balaban J connectivity index is 0.000000142. The Kier molecular flexibility index (Phi) is 20.7. The molecule has 6 unspecified atom stereocenters. The Hall–Kier alpha value is -8.73. The number of nitrogens with zero attached hydrogens (tertiary/aromatic N) is 10. The number of carboxylic acids is 1. The molecular formula is C71H94N14O14. The quantitative estimate of drug-likeness (QED) is 0.192. The van der Waals surface area contributed by atoms with Gasteiger partial charge in [0.15, 0.2) is 0 Å². The van der Waals surface area contributed by atoms with Crippen molar-refractivity contribution in [3.63, 3.8) is 0 Å². The number of amides is 10. The van der Waals surface area contributed by atoms with Crippen LogP contribution in [-0.4, -0.2) is 264 Å². The first-order valence-electron chi connectivity index (χ1n) is 35.1. The number of nitrogens with one attached hydrogen (secondary N) is 4. The van der Waals surface area contributed by atoms with Crippen LogP contribution in [0.5, 0.6) is 0 Å². The summed E-state index contributed by atoms with van der Waals surface area (Å²) in [5.74, 6) is -3.40. The van der Waals surface area contributed by atoms with E-state index in [2.05, 4.69) is 56.7 Å². The van der Waals surface area contributed by atoms with Gasteiger partial charge in [0.25, 0.3) is 11.8 Å². The number of imide groups is 3. The van der Waals surface area contributed by atoms with Gasteiger partial charge < -0.3 is 54.2 Å². The Morgan fingerprint density at radius 1 is 0.495 bits per heavy atom. The number of rotatable bonds is 9. The summed E-state index contributed by atoms with van der Waals surface area (Å²) in [5.41, 5.74) is 6.14. The maximum atomic E-state index is 13.0. The molecule has 11 aliphatic heterocycles. The standard InChI is InChI=1S/C26H36N4O6.C25H33N5O5.C20H25N5O3/c1-26(2,3)36-25(35)30-13-11-28-10-12-29(15-20(28)16-30)19-7-8-21(24(33)34)18(14-19)5-4-17-6-9-22(31)27-23(17)32;1-25(2,3)35-24(34)29-11-9-27-8-10-28(14-18(27)15-29)17-4-5-19-16(12-17)13-30(23(19)33)20-6-7-21(31)26-22(20)32;26-18-4-3-17(19(27)22-18)25-11-13-9-14(1-2-16(13)20(25)28)24-8-7-23-6-5-21-10-15(23)12-24/h7-8,14,17,20H,4-6,9-13,15-16H2,1-3H3,(H,33,34)(H,27,31,32);4-5,12,18,20H,6-11,13-15H2,1-3H3,(H,26,31,32);1-2,9,15,17,21H,3-8,10-12H2,(H,22,26,27). The lowest BCUT2D eigenvalue weighted by Crippen LogP contribution is -2.63. The highest BCUT2D eigenvalue weighted by atomic mass is 16.6. The summed E-state index contributed by atoms with van der Waals surface area (Å²) in [6.45, 7) is 27.3. The molecule has 3 aromatic carbocycles. The van der Waals surface area contributed by atoms with Crippen molar-refractivity contribution in [3.8, 4) is 0 Å². The highest BCUT2D eigenvalue weighted by Crippen LogP contribution is 2.35. The normalized spacial score (nSPS) is 25.4. The Bertz CT molecular complexity index is 3680. The van der Waals surface area contributed by atoms with Crippen LogP contribution in [-0.2, 0) is 57.8 Å². The summed E-state index contributed by atoms with van der Waals surface area (Å²) in [5, 5.41) is 20.3. The fourth-order valence-electron chi connectivity index (χ4n) is 15.5. The summed E-state index contributed by atoms with van der Waals surface area (Å²) < 4.78 is 11.1. The molecule has 3 aromatic rings. The molecule has 11 heterocycles. The molecule has 11 aliphatic rings. The van der Waals surface area contributed by atoms with Crippen molar-refractivity contribution < 1.29 is 67.3 Å².